The molecule has 2 nitrogen and oxygen atoms in total. The standard InChI is InChI=1S/2C5H4ClN.2ClH.Pd/c2*6-5-2-1-3-7-4-5;;;/h2*1-4H;2*1H;/q;;;;+2/p-2. The van der Waals surface area contributed by atoms with E-state index in [1.807, 2.05) is 0 Å². The van der Waals surface area contributed by atoms with Gasteiger partial charge in [0.05, 0.1) is 10.0 Å². The first kappa shape index (κ1) is 17.1. The van der Waals surface area contributed by atoms with Gasteiger partial charge in [-0.05, 0) is 24.3 Å². The Balaban J connectivity index is 0.000000247. The molecule has 0 aliphatic rings. The molecule has 96 valence electrons. The minimum absolute atomic E-state index is 0.106. The van der Waals surface area contributed by atoms with Crippen LogP contribution in [0, 0.1) is 0 Å². The first-order chi connectivity index (χ1) is 8.20. The van der Waals surface area contributed by atoms with E-state index in [0.717, 1.165) is 0 Å². The molecule has 2 aromatic heterocycles. The summed E-state index contributed by atoms with van der Waals surface area (Å²) in [6.07, 6.45) is 6.57. The van der Waals surface area contributed by atoms with Crippen molar-refractivity contribution in [2.75, 3.05) is 0 Å². The summed E-state index contributed by atoms with van der Waals surface area (Å²) in [5.41, 5.74) is 0. The third kappa shape index (κ3) is 12.4. The van der Waals surface area contributed by atoms with Crippen LogP contribution in [0.5, 0.6) is 0 Å². The van der Waals surface area contributed by atoms with Crippen LogP contribution in [0.2, 0.25) is 10.0 Å². The van der Waals surface area contributed by atoms with Gasteiger partial charge in [0.2, 0.25) is 0 Å². The fraction of sp³-hybridized carbons (Fsp3) is 0. The zero-order chi connectivity index (χ0) is 12.9. The topological polar surface area (TPSA) is 25.8 Å². The molecule has 0 radical (unpaired) electrons. The van der Waals surface area contributed by atoms with Gasteiger partial charge in [0.1, 0.15) is 0 Å². The Hall–Kier alpha value is 0.122. The number of hydrogen-bond acceptors (Lipinski definition) is 2. The van der Waals surface area contributed by atoms with Gasteiger partial charge in [-0.25, -0.2) is 0 Å². The minimum atomic E-state index is -0.106. The Morgan fingerprint density at radius 1 is 0.824 bits per heavy atom. The average Bonchev–Trinajstić information content (AvgIpc) is 2.33. The molecule has 0 amide bonds. The van der Waals surface area contributed by atoms with Crippen LogP contribution in [0.15, 0.2) is 49.1 Å². The summed E-state index contributed by atoms with van der Waals surface area (Å²) in [5, 5.41) is 1.37. The summed E-state index contributed by atoms with van der Waals surface area (Å²) in [4.78, 5) is 7.50. The predicted octanol–water partition coefficient (Wildman–Crippen LogP) is 4.85. The molecule has 7 heteroatoms. The molecule has 0 spiro atoms. The van der Waals surface area contributed by atoms with E-state index >= 15 is 0 Å². The fourth-order valence-corrected chi connectivity index (χ4v) is 0.942. The van der Waals surface area contributed by atoms with Crippen molar-refractivity contribution < 1.29 is 15.9 Å². The van der Waals surface area contributed by atoms with E-state index in [2.05, 4.69) is 9.97 Å². The molecule has 0 aromatic carbocycles. The van der Waals surface area contributed by atoms with Crippen LogP contribution in [0.3, 0.4) is 0 Å². The van der Waals surface area contributed by atoms with Gasteiger partial charge in [-0.2, -0.15) is 0 Å². The molecular weight excluding hydrogens is 396 g/mol. The van der Waals surface area contributed by atoms with Gasteiger partial charge in [0.15, 0.2) is 0 Å². The first-order valence-electron chi connectivity index (χ1n) is 4.14. The summed E-state index contributed by atoms with van der Waals surface area (Å²) in [5.74, 6) is 0. The summed E-state index contributed by atoms with van der Waals surface area (Å²) < 4.78 is 0. The first-order valence-corrected chi connectivity index (χ1v) is 8.90. The van der Waals surface area contributed by atoms with Crippen molar-refractivity contribution >= 4 is 42.3 Å². The maximum atomic E-state index is 5.48. The monoisotopic (exact) mass is 402 g/mol. The third-order valence-corrected chi connectivity index (χ3v) is 1.70. The van der Waals surface area contributed by atoms with E-state index in [1.54, 1.807) is 49.1 Å². The zero-order valence-corrected chi connectivity index (χ0v) is 12.9. The van der Waals surface area contributed by atoms with Crippen molar-refractivity contribution in [1.82, 2.24) is 9.97 Å². The average molecular weight is 404 g/mol. The van der Waals surface area contributed by atoms with Crippen molar-refractivity contribution in [2.24, 2.45) is 0 Å². The van der Waals surface area contributed by atoms with Crippen LogP contribution >= 0.6 is 42.3 Å². The molecular formula is C10H8Cl4N2Pd. The SMILES string of the molecule is Clc1cccnc1.Clc1cccnc1.[Cl][Pd][Cl]. The number of pyridine rings is 2. The van der Waals surface area contributed by atoms with Gasteiger partial charge < -0.3 is 0 Å². The van der Waals surface area contributed by atoms with Crippen LogP contribution in [0.25, 0.3) is 0 Å². The Labute approximate surface area is 126 Å². The molecule has 0 aliphatic carbocycles. The van der Waals surface area contributed by atoms with Crippen molar-refractivity contribution in [3.05, 3.63) is 59.1 Å². The van der Waals surface area contributed by atoms with Crippen molar-refractivity contribution in [2.45, 2.75) is 0 Å². The van der Waals surface area contributed by atoms with Crippen LogP contribution in [-0.2, 0) is 15.9 Å². The molecule has 0 atom stereocenters. The Morgan fingerprint density at radius 3 is 1.29 bits per heavy atom. The molecule has 0 aliphatic heterocycles. The van der Waals surface area contributed by atoms with Gasteiger partial charge in [0.25, 0.3) is 0 Å². The van der Waals surface area contributed by atoms with Crippen LogP contribution in [-0.4, -0.2) is 9.97 Å². The summed E-state index contributed by atoms with van der Waals surface area (Å²) in [7, 11) is 9.63. The molecule has 0 bridgehead atoms. The molecule has 0 unspecified atom stereocenters. The van der Waals surface area contributed by atoms with E-state index in [0.29, 0.717) is 10.0 Å². The summed E-state index contributed by atoms with van der Waals surface area (Å²) >= 11 is 10.8. The summed E-state index contributed by atoms with van der Waals surface area (Å²) in [6.45, 7) is 0. The Bertz CT molecular complexity index is 337. The molecule has 2 rings (SSSR count). The molecule has 0 saturated heterocycles. The number of aromatic nitrogens is 2. The van der Waals surface area contributed by atoms with Crippen molar-refractivity contribution in [1.29, 1.82) is 0 Å². The van der Waals surface area contributed by atoms with Gasteiger partial charge in [-0.1, -0.05) is 23.2 Å². The summed E-state index contributed by atoms with van der Waals surface area (Å²) in [6, 6.07) is 7.16. The number of hydrogen-bond donors (Lipinski definition) is 0. The molecule has 2 heterocycles. The van der Waals surface area contributed by atoms with E-state index in [1.165, 1.54) is 0 Å². The van der Waals surface area contributed by atoms with E-state index in [9.17, 15) is 0 Å². The van der Waals surface area contributed by atoms with E-state index < -0.39 is 0 Å². The second-order valence-corrected chi connectivity index (χ2v) is 5.62. The van der Waals surface area contributed by atoms with Crippen molar-refractivity contribution in [3.8, 4) is 0 Å². The van der Waals surface area contributed by atoms with Gasteiger partial charge in [-0.3, -0.25) is 9.97 Å². The van der Waals surface area contributed by atoms with Gasteiger partial charge in [-0.15, -0.1) is 0 Å². The predicted molar refractivity (Wildman–Crippen MR) is 70.2 cm³/mol. The zero-order valence-electron chi connectivity index (χ0n) is 8.34. The van der Waals surface area contributed by atoms with Crippen LogP contribution < -0.4 is 0 Å². The van der Waals surface area contributed by atoms with E-state index in [-0.39, 0.29) is 15.9 Å². The molecule has 0 N–H and O–H groups in total. The normalized spacial score (nSPS) is 8.47. The van der Waals surface area contributed by atoms with Crippen molar-refractivity contribution in [3.63, 3.8) is 0 Å². The van der Waals surface area contributed by atoms with Gasteiger partial charge in [0, 0.05) is 24.8 Å². The molecule has 0 fully saturated rings. The quantitative estimate of drug-likeness (QED) is 0.587. The second kappa shape index (κ2) is 12.6. The van der Waals surface area contributed by atoms with E-state index in [4.69, 9.17) is 42.3 Å². The molecule has 0 saturated carbocycles. The Morgan fingerprint density at radius 2 is 1.18 bits per heavy atom. The number of halogens is 4. The number of rotatable bonds is 0. The Kier molecular flexibility index (Phi) is 12.7. The third-order valence-electron chi connectivity index (χ3n) is 1.25. The van der Waals surface area contributed by atoms with Gasteiger partial charge >= 0.3 is 35.0 Å². The maximum absolute atomic E-state index is 5.48. The van der Waals surface area contributed by atoms with Crippen LogP contribution in [0.4, 0.5) is 0 Å². The van der Waals surface area contributed by atoms with Crippen LogP contribution in [0.1, 0.15) is 0 Å². The number of nitrogens with zero attached hydrogens (tertiary/aromatic N) is 2. The molecule has 17 heavy (non-hydrogen) atoms. The molecule has 2 aromatic rings. The fourth-order valence-electron chi connectivity index (χ4n) is 0.684. The second-order valence-electron chi connectivity index (χ2n) is 2.39.